The van der Waals surface area contributed by atoms with Crippen molar-refractivity contribution in [3.8, 4) is 22.4 Å². The first kappa shape index (κ1) is 16.3. The van der Waals surface area contributed by atoms with Gasteiger partial charge in [-0.1, -0.05) is 0 Å². The van der Waals surface area contributed by atoms with Gasteiger partial charge in [-0.15, -0.1) is 10.2 Å². The normalized spacial score (nSPS) is 15.5. The van der Waals surface area contributed by atoms with Crippen molar-refractivity contribution < 1.29 is 4.39 Å². The van der Waals surface area contributed by atoms with E-state index in [2.05, 4.69) is 20.3 Å². The lowest BCUT2D eigenvalue weighted by atomic mass is 10.0. The van der Waals surface area contributed by atoms with Gasteiger partial charge in [-0.05, 0) is 42.0 Å². The molecule has 0 spiro atoms. The van der Waals surface area contributed by atoms with E-state index in [1.54, 1.807) is 35.4 Å². The predicted molar refractivity (Wildman–Crippen MR) is 102 cm³/mol. The summed E-state index contributed by atoms with van der Waals surface area (Å²) in [5.74, 6) is 0.825. The number of nitrogen functional groups attached to an aromatic ring is 1. The number of hydrogen-bond donors (Lipinski definition) is 1. The number of fused-ring (bicyclic) bond motifs is 1. The minimum atomic E-state index is -0.297. The lowest BCUT2D eigenvalue weighted by Gasteiger charge is -2.17. The van der Waals surface area contributed by atoms with Gasteiger partial charge in [0.05, 0.1) is 0 Å². The fraction of sp³-hybridized carbons (Fsp3) is 0.105. The highest BCUT2D eigenvalue weighted by Crippen LogP contribution is 2.34. The summed E-state index contributed by atoms with van der Waals surface area (Å²) < 4.78 is 16.9. The Balaban J connectivity index is 1.67. The predicted octanol–water partition coefficient (Wildman–Crippen LogP) is 2.75. The molecule has 1 aliphatic rings. The van der Waals surface area contributed by atoms with Gasteiger partial charge in [0.15, 0.2) is 5.82 Å². The molecule has 3 aromatic heterocycles. The Labute approximate surface area is 159 Å². The fourth-order valence-electron chi connectivity index (χ4n) is 3.31. The molecule has 4 aromatic rings. The number of hydrogen-bond acceptors (Lipinski definition) is 6. The molecule has 1 aliphatic heterocycles. The quantitative estimate of drug-likeness (QED) is 0.594. The average molecular weight is 374 g/mol. The molecule has 4 heterocycles. The summed E-state index contributed by atoms with van der Waals surface area (Å²) in [5.41, 5.74) is 9.15. The van der Waals surface area contributed by atoms with E-state index >= 15 is 0 Å². The number of nitrogens with two attached hydrogens (primary N) is 1. The topological polar surface area (TPSA) is 99.8 Å². The number of aromatic nitrogens is 6. The van der Waals surface area contributed by atoms with Crippen molar-refractivity contribution in [1.82, 2.24) is 29.6 Å². The molecule has 0 saturated carbocycles. The Morgan fingerprint density at radius 1 is 1.11 bits per heavy atom. The Morgan fingerprint density at radius 3 is 2.79 bits per heavy atom. The van der Waals surface area contributed by atoms with Gasteiger partial charge in [-0.25, -0.2) is 14.1 Å². The highest BCUT2D eigenvalue weighted by atomic mass is 19.1. The van der Waals surface area contributed by atoms with Gasteiger partial charge in [0, 0.05) is 36.2 Å². The molecule has 5 rings (SSSR count). The summed E-state index contributed by atoms with van der Waals surface area (Å²) in [5, 5.41) is 17.2. The van der Waals surface area contributed by atoms with Gasteiger partial charge in [-0.3, -0.25) is 4.68 Å². The fourth-order valence-corrected chi connectivity index (χ4v) is 3.31. The standard InChI is InChI=1S/C19H15FN8/c20-14-3-1-12(2-4-14)18-15(13-5-7-22-17(21)9-13)10-27(26-18)16-6-8-24-28-11-23-25-19(16)28/h1-5,7-11,16H,6H2,(H2,21,22). The maximum Gasteiger partial charge on any atom is 0.179 e. The smallest absolute Gasteiger partial charge is 0.179 e. The monoisotopic (exact) mass is 374 g/mol. The summed E-state index contributed by atoms with van der Waals surface area (Å²) in [6.07, 6.45) is 7.61. The van der Waals surface area contributed by atoms with Crippen molar-refractivity contribution in [2.75, 3.05) is 5.73 Å². The van der Waals surface area contributed by atoms with Crippen LogP contribution in [0.3, 0.4) is 0 Å². The van der Waals surface area contributed by atoms with E-state index in [9.17, 15) is 4.39 Å². The zero-order valence-electron chi connectivity index (χ0n) is 14.6. The largest absolute Gasteiger partial charge is 0.384 e. The lowest BCUT2D eigenvalue weighted by molar-refractivity contribution is 0.485. The van der Waals surface area contributed by atoms with Crippen LogP contribution in [0.25, 0.3) is 22.4 Å². The molecule has 28 heavy (non-hydrogen) atoms. The zero-order chi connectivity index (χ0) is 19.1. The molecule has 0 radical (unpaired) electrons. The zero-order valence-corrected chi connectivity index (χ0v) is 14.6. The summed E-state index contributed by atoms with van der Waals surface area (Å²) in [7, 11) is 0. The maximum absolute atomic E-state index is 13.4. The summed E-state index contributed by atoms with van der Waals surface area (Å²) in [4.78, 5) is 4.06. The third-order valence-corrected chi connectivity index (χ3v) is 4.65. The number of pyridine rings is 1. The molecular weight excluding hydrogens is 359 g/mol. The van der Waals surface area contributed by atoms with Crippen molar-refractivity contribution in [2.24, 2.45) is 5.10 Å². The number of halogens is 1. The van der Waals surface area contributed by atoms with Crippen LogP contribution in [-0.4, -0.2) is 35.9 Å². The van der Waals surface area contributed by atoms with E-state index in [0.29, 0.717) is 18.1 Å². The first-order valence-corrected chi connectivity index (χ1v) is 8.69. The molecular formula is C19H15FN8. The van der Waals surface area contributed by atoms with E-state index in [-0.39, 0.29) is 11.9 Å². The van der Waals surface area contributed by atoms with Crippen LogP contribution in [0.1, 0.15) is 18.3 Å². The van der Waals surface area contributed by atoms with Crippen LogP contribution < -0.4 is 5.73 Å². The first-order valence-electron chi connectivity index (χ1n) is 8.69. The highest BCUT2D eigenvalue weighted by Gasteiger charge is 2.25. The number of anilines is 1. The molecule has 1 unspecified atom stereocenters. The van der Waals surface area contributed by atoms with Crippen LogP contribution in [0.15, 0.2) is 60.2 Å². The van der Waals surface area contributed by atoms with Crippen LogP contribution in [0.4, 0.5) is 10.2 Å². The Bertz CT molecular complexity index is 1170. The SMILES string of the molecule is Nc1cc(-c2cn(C3CC=Nn4cnnc43)nc2-c2ccc(F)cc2)ccn1. The molecule has 0 bridgehead atoms. The molecule has 138 valence electrons. The molecule has 0 saturated heterocycles. The Morgan fingerprint density at radius 2 is 1.96 bits per heavy atom. The van der Waals surface area contributed by atoms with E-state index in [0.717, 1.165) is 22.4 Å². The van der Waals surface area contributed by atoms with Gasteiger partial charge in [0.2, 0.25) is 0 Å². The van der Waals surface area contributed by atoms with E-state index in [4.69, 9.17) is 10.8 Å². The van der Waals surface area contributed by atoms with Crippen LogP contribution in [0.5, 0.6) is 0 Å². The minimum Gasteiger partial charge on any atom is -0.384 e. The molecule has 8 nitrogen and oxygen atoms in total. The Kier molecular flexibility index (Phi) is 3.71. The van der Waals surface area contributed by atoms with Crippen molar-refractivity contribution in [1.29, 1.82) is 0 Å². The van der Waals surface area contributed by atoms with E-state index in [1.807, 2.05) is 23.2 Å². The maximum atomic E-state index is 13.4. The Hall–Kier alpha value is -3.88. The van der Waals surface area contributed by atoms with E-state index in [1.165, 1.54) is 12.1 Å². The summed E-state index contributed by atoms with van der Waals surface area (Å²) in [6, 6.07) is 9.77. The number of nitrogens with zero attached hydrogens (tertiary/aromatic N) is 7. The third kappa shape index (κ3) is 2.73. The molecule has 2 N–H and O–H groups in total. The second-order valence-electron chi connectivity index (χ2n) is 6.43. The second kappa shape index (κ2) is 6.38. The second-order valence-corrected chi connectivity index (χ2v) is 6.43. The van der Waals surface area contributed by atoms with Crippen molar-refractivity contribution >= 4 is 12.0 Å². The average Bonchev–Trinajstić information content (AvgIpc) is 3.36. The minimum absolute atomic E-state index is 0.146. The number of rotatable bonds is 3. The van der Waals surface area contributed by atoms with Crippen molar-refractivity contribution in [3.05, 3.63) is 66.8 Å². The molecule has 1 atom stereocenters. The van der Waals surface area contributed by atoms with Crippen LogP contribution in [-0.2, 0) is 0 Å². The van der Waals surface area contributed by atoms with Crippen LogP contribution in [0, 0.1) is 5.82 Å². The summed E-state index contributed by atoms with van der Waals surface area (Å²) >= 11 is 0. The van der Waals surface area contributed by atoms with E-state index < -0.39 is 0 Å². The van der Waals surface area contributed by atoms with Gasteiger partial charge in [-0.2, -0.15) is 10.2 Å². The first-order chi connectivity index (χ1) is 13.7. The lowest BCUT2D eigenvalue weighted by Crippen LogP contribution is -2.19. The van der Waals surface area contributed by atoms with Crippen LogP contribution >= 0.6 is 0 Å². The van der Waals surface area contributed by atoms with Crippen LogP contribution in [0.2, 0.25) is 0 Å². The van der Waals surface area contributed by atoms with Gasteiger partial charge >= 0.3 is 0 Å². The third-order valence-electron chi connectivity index (χ3n) is 4.65. The molecule has 0 fully saturated rings. The molecule has 1 aromatic carbocycles. The van der Waals surface area contributed by atoms with Gasteiger partial charge in [0.25, 0.3) is 0 Å². The van der Waals surface area contributed by atoms with Crippen molar-refractivity contribution in [3.63, 3.8) is 0 Å². The molecule has 0 aliphatic carbocycles. The summed E-state index contributed by atoms with van der Waals surface area (Å²) in [6.45, 7) is 0. The highest BCUT2D eigenvalue weighted by molar-refractivity contribution is 5.81. The van der Waals surface area contributed by atoms with Crippen molar-refractivity contribution in [2.45, 2.75) is 12.5 Å². The number of benzene rings is 1. The van der Waals surface area contributed by atoms with Gasteiger partial charge in [0.1, 0.15) is 29.7 Å². The molecule has 0 amide bonds. The molecule has 9 heteroatoms. The van der Waals surface area contributed by atoms with Gasteiger partial charge < -0.3 is 5.73 Å².